The van der Waals surface area contributed by atoms with Crippen LogP contribution in [0.25, 0.3) is 22.2 Å². The average molecular weight is 357 g/mol. The van der Waals surface area contributed by atoms with E-state index in [0.717, 1.165) is 26.5 Å². The summed E-state index contributed by atoms with van der Waals surface area (Å²) in [6.45, 7) is -0.0600. The minimum absolute atomic E-state index is 0.0600. The number of para-hydroxylation sites is 1. The molecule has 0 aliphatic carbocycles. The molecule has 0 spiro atoms. The predicted octanol–water partition coefficient (Wildman–Crippen LogP) is 1.76. The summed E-state index contributed by atoms with van der Waals surface area (Å²) < 4.78 is 27.7. The average Bonchev–Trinajstić information content (AvgIpc) is 3.15. The van der Waals surface area contributed by atoms with E-state index in [-0.39, 0.29) is 18.0 Å². The van der Waals surface area contributed by atoms with Gasteiger partial charge in [-0.1, -0.05) is 18.2 Å². The van der Waals surface area contributed by atoms with Crippen LogP contribution in [-0.4, -0.2) is 37.4 Å². The number of aromatic hydroxyl groups is 1. The van der Waals surface area contributed by atoms with Crippen LogP contribution in [0.5, 0.6) is 5.75 Å². The Hall–Kier alpha value is -2.84. The SMILES string of the molecule is O=CC1CN(c2cc(-c3cc4ccccc4[nH]3)ccc2O)S(=O)(=O)N1. The molecule has 7 nitrogen and oxygen atoms in total. The minimum atomic E-state index is -3.87. The number of aromatic nitrogens is 1. The van der Waals surface area contributed by atoms with Gasteiger partial charge in [0.05, 0.1) is 18.3 Å². The van der Waals surface area contributed by atoms with Gasteiger partial charge in [-0.15, -0.1) is 0 Å². The van der Waals surface area contributed by atoms with Gasteiger partial charge in [0.15, 0.2) is 0 Å². The fraction of sp³-hybridized carbons (Fsp3) is 0.118. The van der Waals surface area contributed by atoms with Crippen molar-refractivity contribution in [2.75, 3.05) is 10.8 Å². The van der Waals surface area contributed by atoms with Crippen molar-refractivity contribution in [2.45, 2.75) is 6.04 Å². The van der Waals surface area contributed by atoms with E-state index in [1.165, 1.54) is 6.07 Å². The van der Waals surface area contributed by atoms with Gasteiger partial charge in [-0.25, -0.2) is 0 Å². The van der Waals surface area contributed by atoms with Crippen LogP contribution in [0.3, 0.4) is 0 Å². The van der Waals surface area contributed by atoms with Crippen molar-refractivity contribution in [3.05, 3.63) is 48.5 Å². The number of phenols is 1. The van der Waals surface area contributed by atoms with Crippen LogP contribution >= 0.6 is 0 Å². The zero-order valence-electron chi connectivity index (χ0n) is 13.0. The van der Waals surface area contributed by atoms with Crippen LogP contribution in [0, 0.1) is 0 Å². The first kappa shape index (κ1) is 15.7. The van der Waals surface area contributed by atoms with Crippen molar-refractivity contribution >= 4 is 33.1 Å². The largest absolute Gasteiger partial charge is 0.506 e. The van der Waals surface area contributed by atoms with Gasteiger partial charge in [0.25, 0.3) is 0 Å². The van der Waals surface area contributed by atoms with E-state index in [2.05, 4.69) is 9.71 Å². The zero-order valence-corrected chi connectivity index (χ0v) is 13.8. The number of aromatic amines is 1. The molecule has 0 bridgehead atoms. The molecule has 8 heteroatoms. The molecule has 0 saturated carbocycles. The van der Waals surface area contributed by atoms with Crippen LogP contribution in [0.1, 0.15) is 0 Å². The maximum Gasteiger partial charge on any atom is 0.302 e. The van der Waals surface area contributed by atoms with E-state index < -0.39 is 16.3 Å². The molecule has 0 radical (unpaired) electrons. The third kappa shape index (κ3) is 2.65. The summed E-state index contributed by atoms with van der Waals surface area (Å²) in [6, 6.07) is 13.6. The van der Waals surface area contributed by atoms with Crippen molar-refractivity contribution < 1.29 is 18.3 Å². The number of benzene rings is 2. The summed E-state index contributed by atoms with van der Waals surface area (Å²) in [6.07, 6.45) is 0.538. The molecule has 1 aliphatic heterocycles. The summed E-state index contributed by atoms with van der Waals surface area (Å²) in [5.41, 5.74) is 2.63. The lowest BCUT2D eigenvalue weighted by Crippen LogP contribution is -2.30. The van der Waals surface area contributed by atoms with Gasteiger partial charge in [-0.05, 0) is 30.3 Å². The van der Waals surface area contributed by atoms with Gasteiger partial charge in [-0.3, -0.25) is 4.31 Å². The van der Waals surface area contributed by atoms with E-state index >= 15 is 0 Å². The third-order valence-electron chi connectivity index (χ3n) is 4.20. The zero-order chi connectivity index (χ0) is 17.6. The number of nitrogens with zero attached hydrogens (tertiary/aromatic N) is 1. The van der Waals surface area contributed by atoms with Gasteiger partial charge in [0, 0.05) is 22.2 Å². The lowest BCUT2D eigenvalue weighted by atomic mass is 10.1. The van der Waals surface area contributed by atoms with Crippen LogP contribution in [-0.2, 0) is 15.0 Å². The Kier molecular flexibility index (Phi) is 3.52. The van der Waals surface area contributed by atoms with E-state index in [4.69, 9.17) is 0 Å². The highest BCUT2D eigenvalue weighted by atomic mass is 32.2. The summed E-state index contributed by atoms with van der Waals surface area (Å²) >= 11 is 0. The first-order valence-corrected chi connectivity index (χ1v) is 9.08. The molecule has 128 valence electrons. The Bertz CT molecular complexity index is 1040. The number of H-pyrrole nitrogens is 1. The molecule has 3 aromatic rings. The molecule has 1 aliphatic rings. The molecular weight excluding hydrogens is 342 g/mol. The van der Waals surface area contributed by atoms with Crippen molar-refractivity contribution in [3.63, 3.8) is 0 Å². The van der Waals surface area contributed by atoms with Crippen molar-refractivity contribution in [2.24, 2.45) is 0 Å². The maximum absolute atomic E-state index is 12.2. The van der Waals surface area contributed by atoms with Gasteiger partial charge in [0.1, 0.15) is 12.0 Å². The molecule has 1 fully saturated rings. The Morgan fingerprint density at radius 3 is 2.68 bits per heavy atom. The van der Waals surface area contributed by atoms with Crippen LogP contribution in [0.2, 0.25) is 0 Å². The van der Waals surface area contributed by atoms with E-state index in [0.29, 0.717) is 6.29 Å². The number of carbonyl (C=O) groups is 1. The van der Waals surface area contributed by atoms with E-state index in [1.54, 1.807) is 12.1 Å². The molecule has 25 heavy (non-hydrogen) atoms. The van der Waals surface area contributed by atoms with Crippen LogP contribution in [0.15, 0.2) is 48.5 Å². The highest BCUT2D eigenvalue weighted by molar-refractivity contribution is 7.91. The van der Waals surface area contributed by atoms with Crippen molar-refractivity contribution in [3.8, 4) is 17.0 Å². The Balaban J connectivity index is 1.80. The molecule has 2 aromatic carbocycles. The number of fused-ring (bicyclic) bond motifs is 1. The Morgan fingerprint density at radius 2 is 1.96 bits per heavy atom. The summed E-state index contributed by atoms with van der Waals surface area (Å²) in [4.78, 5) is 14.2. The van der Waals surface area contributed by atoms with Gasteiger partial charge < -0.3 is 14.9 Å². The number of phenolic OH excluding ortho intramolecular Hbond substituents is 1. The monoisotopic (exact) mass is 357 g/mol. The quantitative estimate of drug-likeness (QED) is 0.622. The molecule has 1 unspecified atom stereocenters. The van der Waals surface area contributed by atoms with Gasteiger partial charge >= 0.3 is 10.2 Å². The summed E-state index contributed by atoms with van der Waals surface area (Å²) in [5.74, 6) is -0.170. The number of anilines is 1. The highest BCUT2D eigenvalue weighted by Gasteiger charge is 2.36. The second kappa shape index (κ2) is 5.61. The molecule has 3 N–H and O–H groups in total. The molecular formula is C17H15N3O4S. The lowest BCUT2D eigenvalue weighted by molar-refractivity contribution is -0.108. The van der Waals surface area contributed by atoms with Crippen LogP contribution in [0.4, 0.5) is 5.69 Å². The number of rotatable bonds is 3. The number of hydrogen-bond acceptors (Lipinski definition) is 4. The summed E-state index contributed by atoms with van der Waals surface area (Å²) in [7, 11) is -3.87. The van der Waals surface area contributed by atoms with E-state index in [9.17, 15) is 18.3 Å². The second-order valence-corrected chi connectivity index (χ2v) is 7.50. The number of aldehydes is 1. The topological polar surface area (TPSA) is 102 Å². The number of nitrogens with one attached hydrogen (secondary N) is 2. The van der Waals surface area contributed by atoms with E-state index in [1.807, 2.05) is 30.3 Å². The number of carbonyl (C=O) groups excluding carboxylic acids is 1. The minimum Gasteiger partial charge on any atom is -0.506 e. The smallest absolute Gasteiger partial charge is 0.302 e. The predicted molar refractivity (Wildman–Crippen MR) is 94.7 cm³/mol. The standard InChI is InChI=1S/C17H15N3O4S/c21-10-13-9-20(25(23,24)19-13)16-8-12(5-6-17(16)22)15-7-11-3-1-2-4-14(11)18-15/h1-8,10,13,18-19,22H,9H2. The third-order valence-corrected chi connectivity index (χ3v) is 5.73. The molecule has 1 atom stereocenters. The van der Waals surface area contributed by atoms with Crippen LogP contribution < -0.4 is 9.03 Å². The fourth-order valence-corrected chi connectivity index (χ4v) is 4.39. The molecule has 1 saturated heterocycles. The normalized spacial score (nSPS) is 19.4. The Labute approximate surface area is 144 Å². The van der Waals surface area contributed by atoms with Crippen molar-refractivity contribution in [1.29, 1.82) is 0 Å². The van der Waals surface area contributed by atoms with Gasteiger partial charge in [0.2, 0.25) is 0 Å². The molecule has 2 heterocycles. The molecule has 1 aromatic heterocycles. The first-order valence-electron chi connectivity index (χ1n) is 7.64. The molecule has 4 rings (SSSR count). The van der Waals surface area contributed by atoms with Crippen molar-refractivity contribution in [1.82, 2.24) is 9.71 Å². The molecule has 0 amide bonds. The van der Waals surface area contributed by atoms with Gasteiger partial charge in [-0.2, -0.15) is 13.1 Å². The lowest BCUT2D eigenvalue weighted by Gasteiger charge is -2.18. The maximum atomic E-state index is 12.2. The first-order chi connectivity index (χ1) is 12.0. The fourth-order valence-electron chi connectivity index (χ4n) is 2.99. The highest BCUT2D eigenvalue weighted by Crippen LogP contribution is 2.35. The Morgan fingerprint density at radius 1 is 1.16 bits per heavy atom. The second-order valence-electron chi connectivity index (χ2n) is 5.87. The number of hydrogen-bond donors (Lipinski definition) is 3. The summed E-state index contributed by atoms with van der Waals surface area (Å²) in [5, 5.41) is 11.2.